The quantitative estimate of drug-likeness (QED) is 0.747. The summed E-state index contributed by atoms with van der Waals surface area (Å²) in [4.78, 5) is 0. The summed E-state index contributed by atoms with van der Waals surface area (Å²) in [6, 6.07) is 10.6. The van der Waals surface area contributed by atoms with Gasteiger partial charge in [-0.25, -0.2) is 17.2 Å². The molecule has 5 nitrogen and oxygen atoms in total. The van der Waals surface area contributed by atoms with Crippen LogP contribution in [-0.4, -0.2) is 37.0 Å². The van der Waals surface area contributed by atoms with Crippen LogP contribution >= 0.6 is 0 Å². The molecular formula is C21H26F2N2O3S. The van der Waals surface area contributed by atoms with Crippen molar-refractivity contribution < 1.29 is 22.3 Å². The Morgan fingerprint density at radius 3 is 2.48 bits per heavy atom. The van der Waals surface area contributed by atoms with E-state index in [1.807, 2.05) is 6.07 Å². The van der Waals surface area contributed by atoms with Gasteiger partial charge in [-0.15, -0.1) is 0 Å². The highest BCUT2D eigenvalue weighted by Crippen LogP contribution is 2.38. The molecule has 3 rings (SSSR count). The molecule has 1 aliphatic rings. The van der Waals surface area contributed by atoms with Crippen LogP contribution in [0.2, 0.25) is 0 Å². The third kappa shape index (κ3) is 4.35. The van der Waals surface area contributed by atoms with Crippen LogP contribution in [0.15, 0.2) is 42.5 Å². The molecule has 1 aliphatic heterocycles. The van der Waals surface area contributed by atoms with Gasteiger partial charge in [0.15, 0.2) is 0 Å². The largest absolute Gasteiger partial charge is 0.396 e. The number of halogens is 2. The van der Waals surface area contributed by atoms with Gasteiger partial charge in [-0.05, 0) is 43.0 Å². The second-order valence-electron chi connectivity index (χ2n) is 7.50. The van der Waals surface area contributed by atoms with Gasteiger partial charge in [0.25, 0.3) is 0 Å². The van der Waals surface area contributed by atoms with Gasteiger partial charge in [-0.1, -0.05) is 30.3 Å². The first-order valence-electron chi connectivity index (χ1n) is 9.64. The van der Waals surface area contributed by atoms with Crippen molar-refractivity contribution >= 4 is 10.0 Å². The van der Waals surface area contributed by atoms with E-state index in [9.17, 15) is 22.3 Å². The summed E-state index contributed by atoms with van der Waals surface area (Å²) in [5, 5.41) is 8.60. The van der Waals surface area contributed by atoms with E-state index in [-0.39, 0.29) is 30.3 Å². The van der Waals surface area contributed by atoms with E-state index >= 15 is 0 Å². The van der Waals surface area contributed by atoms with Crippen molar-refractivity contribution in [3.05, 3.63) is 70.8 Å². The molecule has 0 saturated carbocycles. The van der Waals surface area contributed by atoms with Crippen molar-refractivity contribution in [2.45, 2.75) is 43.5 Å². The minimum absolute atomic E-state index is 0.00652. The lowest BCUT2D eigenvalue weighted by molar-refractivity contribution is 0.264. The second kappa shape index (κ2) is 8.87. The number of nitrogens with two attached hydrogens (primary N) is 1. The van der Waals surface area contributed by atoms with Crippen molar-refractivity contribution in [3.63, 3.8) is 0 Å². The third-order valence-electron chi connectivity index (χ3n) is 5.63. The maximum Gasteiger partial charge on any atom is 0.221 e. The Morgan fingerprint density at radius 1 is 1.17 bits per heavy atom. The van der Waals surface area contributed by atoms with E-state index in [2.05, 4.69) is 0 Å². The van der Waals surface area contributed by atoms with Gasteiger partial charge >= 0.3 is 0 Å². The number of sulfonamides is 1. The van der Waals surface area contributed by atoms with Crippen LogP contribution in [0, 0.1) is 11.6 Å². The average molecular weight is 425 g/mol. The maximum atomic E-state index is 14.7. The van der Waals surface area contributed by atoms with Gasteiger partial charge in [0.05, 0.1) is 6.61 Å². The lowest BCUT2D eigenvalue weighted by Crippen LogP contribution is -2.44. The first kappa shape index (κ1) is 21.8. The maximum absolute atomic E-state index is 14.7. The first-order valence-corrected chi connectivity index (χ1v) is 11.1. The van der Waals surface area contributed by atoms with Gasteiger partial charge in [0.2, 0.25) is 10.0 Å². The van der Waals surface area contributed by atoms with Crippen LogP contribution in [0.1, 0.15) is 47.6 Å². The fourth-order valence-corrected chi connectivity index (χ4v) is 6.05. The summed E-state index contributed by atoms with van der Waals surface area (Å²) >= 11 is 0. The first-order chi connectivity index (χ1) is 13.8. The van der Waals surface area contributed by atoms with Gasteiger partial charge in [-0.2, -0.15) is 4.31 Å². The van der Waals surface area contributed by atoms with Crippen molar-refractivity contribution in [3.8, 4) is 0 Å². The minimum atomic E-state index is -3.75. The fourth-order valence-electron chi connectivity index (χ4n) is 3.86. The summed E-state index contributed by atoms with van der Waals surface area (Å²) in [6.45, 7) is 1.10. The topological polar surface area (TPSA) is 83.6 Å². The van der Waals surface area contributed by atoms with E-state index in [1.165, 1.54) is 4.31 Å². The SMILES string of the molecule is C[C@H]1CC[C@H](c2ccccc2)S(=O)(=O)N1Cc1cc(F)c(C(CN)CO)cc1F. The molecule has 2 aromatic rings. The van der Waals surface area contributed by atoms with Crippen molar-refractivity contribution in [2.24, 2.45) is 5.73 Å². The van der Waals surface area contributed by atoms with E-state index in [0.717, 1.165) is 12.1 Å². The van der Waals surface area contributed by atoms with E-state index in [4.69, 9.17) is 5.73 Å². The van der Waals surface area contributed by atoms with Gasteiger partial charge in [0.1, 0.15) is 16.9 Å². The third-order valence-corrected chi connectivity index (χ3v) is 8.00. The Hall–Kier alpha value is -1.87. The van der Waals surface area contributed by atoms with Gasteiger partial charge in [-0.3, -0.25) is 0 Å². The van der Waals surface area contributed by atoms with Crippen molar-refractivity contribution in [2.75, 3.05) is 13.2 Å². The number of rotatable bonds is 6. The summed E-state index contributed by atoms with van der Waals surface area (Å²) in [5.74, 6) is -2.12. The lowest BCUT2D eigenvalue weighted by Gasteiger charge is -2.37. The standard InChI is InChI=1S/C21H26F2N2O3S/c1-14-7-8-21(15-5-3-2-4-6-15)29(27,28)25(14)12-16-9-20(23)18(10-19(16)22)17(11-24)13-26/h2-6,9-10,14,17,21,26H,7-8,11-13,24H2,1H3/t14-,17?,21+/m0/s1. The number of nitrogens with zero attached hydrogens (tertiary/aromatic N) is 1. The Morgan fingerprint density at radius 2 is 1.86 bits per heavy atom. The molecule has 0 radical (unpaired) electrons. The van der Waals surface area contributed by atoms with Crippen LogP contribution in [-0.2, 0) is 16.6 Å². The fraction of sp³-hybridized carbons (Fsp3) is 0.429. The van der Waals surface area contributed by atoms with Gasteiger partial charge < -0.3 is 10.8 Å². The Bertz CT molecular complexity index is 950. The molecule has 1 fully saturated rings. The molecule has 0 spiro atoms. The molecule has 0 aromatic heterocycles. The number of hydrogen-bond acceptors (Lipinski definition) is 4. The zero-order chi connectivity index (χ0) is 21.2. The Labute approximate surface area is 170 Å². The van der Waals surface area contributed by atoms with Crippen LogP contribution in [0.4, 0.5) is 8.78 Å². The zero-order valence-corrected chi connectivity index (χ0v) is 17.1. The Kier molecular flexibility index (Phi) is 6.68. The molecule has 3 N–H and O–H groups in total. The highest BCUT2D eigenvalue weighted by Gasteiger charge is 2.40. The summed E-state index contributed by atoms with van der Waals surface area (Å²) in [7, 11) is -3.75. The minimum Gasteiger partial charge on any atom is -0.396 e. The Balaban J connectivity index is 1.93. The highest BCUT2D eigenvalue weighted by atomic mass is 32.2. The lowest BCUT2D eigenvalue weighted by atomic mass is 9.97. The molecule has 1 saturated heterocycles. The highest BCUT2D eigenvalue weighted by molar-refractivity contribution is 7.89. The van der Waals surface area contributed by atoms with E-state index in [1.54, 1.807) is 31.2 Å². The van der Waals surface area contributed by atoms with Crippen LogP contribution < -0.4 is 5.73 Å². The second-order valence-corrected chi connectivity index (χ2v) is 9.56. The molecule has 8 heteroatoms. The molecule has 2 aromatic carbocycles. The number of aliphatic hydroxyl groups is 1. The normalized spacial score (nSPS) is 23.1. The van der Waals surface area contributed by atoms with E-state index in [0.29, 0.717) is 18.4 Å². The average Bonchev–Trinajstić information content (AvgIpc) is 2.69. The zero-order valence-electron chi connectivity index (χ0n) is 16.3. The van der Waals surface area contributed by atoms with E-state index < -0.39 is 39.4 Å². The van der Waals surface area contributed by atoms with Gasteiger partial charge in [0, 0.05) is 30.6 Å². The number of benzene rings is 2. The molecule has 1 unspecified atom stereocenters. The molecule has 0 aliphatic carbocycles. The predicted octanol–water partition coefficient (Wildman–Crippen LogP) is 3.05. The van der Waals surface area contributed by atoms with Crippen LogP contribution in [0.3, 0.4) is 0 Å². The molecule has 0 bridgehead atoms. The molecule has 0 amide bonds. The summed E-state index contributed by atoms with van der Waals surface area (Å²) in [5.41, 5.74) is 6.16. The number of aliphatic hydroxyl groups excluding tert-OH is 1. The molecule has 158 valence electrons. The number of hydrogen-bond donors (Lipinski definition) is 2. The molecule has 29 heavy (non-hydrogen) atoms. The molecular weight excluding hydrogens is 398 g/mol. The van der Waals surface area contributed by atoms with Crippen LogP contribution in [0.25, 0.3) is 0 Å². The van der Waals surface area contributed by atoms with Crippen molar-refractivity contribution in [1.29, 1.82) is 0 Å². The van der Waals surface area contributed by atoms with Crippen LogP contribution in [0.5, 0.6) is 0 Å². The summed E-state index contributed by atoms with van der Waals surface area (Å²) < 4.78 is 57.0. The monoisotopic (exact) mass is 424 g/mol. The molecule has 3 atom stereocenters. The smallest absolute Gasteiger partial charge is 0.221 e. The predicted molar refractivity (Wildman–Crippen MR) is 108 cm³/mol. The molecule has 1 heterocycles. The summed E-state index contributed by atoms with van der Waals surface area (Å²) in [6.07, 6.45) is 1.11. The van der Waals surface area contributed by atoms with Crippen molar-refractivity contribution in [1.82, 2.24) is 4.31 Å².